The second-order valence-corrected chi connectivity index (χ2v) is 5.60. The van der Waals surface area contributed by atoms with E-state index in [1.807, 2.05) is 0 Å². The van der Waals surface area contributed by atoms with Crippen molar-refractivity contribution in [3.63, 3.8) is 0 Å². The van der Waals surface area contributed by atoms with Crippen molar-refractivity contribution in [3.8, 4) is 0 Å². The molecule has 1 atom stereocenters. The number of rotatable bonds is 6. The topological polar surface area (TPSA) is 118 Å². The van der Waals surface area contributed by atoms with Crippen LogP contribution >= 0.6 is 0 Å². The molecule has 1 aromatic heterocycles. The van der Waals surface area contributed by atoms with Gasteiger partial charge in [-0.25, -0.2) is 0 Å². The van der Waals surface area contributed by atoms with Gasteiger partial charge in [0.25, 0.3) is 11.6 Å². The summed E-state index contributed by atoms with van der Waals surface area (Å²) in [7, 11) is 1.44. The fourth-order valence-electron chi connectivity index (χ4n) is 2.20. The average molecular weight is 333 g/mol. The summed E-state index contributed by atoms with van der Waals surface area (Å²) < 4.78 is 5.43. The van der Waals surface area contributed by atoms with Gasteiger partial charge in [0, 0.05) is 24.9 Å². The van der Waals surface area contributed by atoms with Crippen LogP contribution in [0.5, 0.6) is 0 Å². The predicted octanol–water partition coefficient (Wildman–Crippen LogP) is 2.18. The van der Waals surface area contributed by atoms with E-state index in [0.717, 1.165) is 0 Å². The number of aliphatic hydroxyl groups is 1. The molecule has 0 spiro atoms. The van der Waals surface area contributed by atoms with Gasteiger partial charge >= 0.3 is 0 Å². The molecule has 2 aromatic rings. The molecule has 8 nitrogen and oxygen atoms in total. The van der Waals surface area contributed by atoms with Crippen LogP contribution in [0.2, 0.25) is 0 Å². The standard InChI is InChI=1S/C16H19N3O5/c1-10-4-7-14(24-10)16(2,21)9-18-13-6-5-11(19(22)23)8-12(13)15(20)17-3/h4-8,18,21H,9H2,1-3H3,(H,17,20). The van der Waals surface area contributed by atoms with E-state index >= 15 is 0 Å². The molecule has 0 bridgehead atoms. The van der Waals surface area contributed by atoms with E-state index < -0.39 is 16.4 Å². The molecule has 0 aliphatic rings. The van der Waals surface area contributed by atoms with Crippen LogP contribution in [0.15, 0.2) is 34.7 Å². The summed E-state index contributed by atoms with van der Waals surface area (Å²) in [6, 6.07) is 7.33. The van der Waals surface area contributed by atoms with E-state index in [4.69, 9.17) is 4.42 Å². The number of nitrogens with zero attached hydrogens (tertiary/aromatic N) is 1. The second kappa shape index (κ2) is 6.71. The third-order valence-electron chi connectivity index (χ3n) is 3.58. The number of anilines is 1. The molecule has 0 aliphatic heterocycles. The summed E-state index contributed by atoms with van der Waals surface area (Å²) >= 11 is 0. The lowest BCUT2D eigenvalue weighted by molar-refractivity contribution is -0.384. The van der Waals surface area contributed by atoms with Crippen LogP contribution in [0.1, 0.15) is 28.8 Å². The Balaban J connectivity index is 2.25. The van der Waals surface area contributed by atoms with Crippen LogP contribution in [0, 0.1) is 17.0 Å². The van der Waals surface area contributed by atoms with Crippen molar-refractivity contribution in [2.24, 2.45) is 0 Å². The number of nitro benzene ring substituents is 1. The first-order valence-electron chi connectivity index (χ1n) is 7.28. The van der Waals surface area contributed by atoms with Gasteiger partial charge in [0.1, 0.15) is 17.1 Å². The Hall–Kier alpha value is -2.87. The number of furan rings is 1. The molecule has 0 fully saturated rings. The number of aryl methyl sites for hydroxylation is 1. The molecule has 1 heterocycles. The molecular weight excluding hydrogens is 314 g/mol. The van der Waals surface area contributed by atoms with Crippen molar-refractivity contribution in [1.82, 2.24) is 5.32 Å². The van der Waals surface area contributed by atoms with E-state index in [1.165, 1.54) is 25.2 Å². The Labute approximate surface area is 138 Å². The number of nitro groups is 1. The third kappa shape index (κ3) is 3.72. The van der Waals surface area contributed by atoms with E-state index in [0.29, 0.717) is 17.2 Å². The molecule has 1 amide bonds. The normalized spacial score (nSPS) is 13.2. The van der Waals surface area contributed by atoms with Gasteiger partial charge in [-0.1, -0.05) is 0 Å². The first-order chi connectivity index (χ1) is 11.2. The number of non-ortho nitro benzene ring substituents is 1. The number of nitrogens with one attached hydrogen (secondary N) is 2. The van der Waals surface area contributed by atoms with Gasteiger partial charge in [0.05, 0.1) is 17.0 Å². The molecule has 2 rings (SSSR count). The highest BCUT2D eigenvalue weighted by atomic mass is 16.6. The van der Waals surface area contributed by atoms with Crippen molar-refractivity contribution in [3.05, 3.63) is 57.5 Å². The Morgan fingerprint density at radius 1 is 1.38 bits per heavy atom. The predicted molar refractivity (Wildman–Crippen MR) is 88.0 cm³/mol. The summed E-state index contributed by atoms with van der Waals surface area (Å²) in [6.07, 6.45) is 0. The first-order valence-corrected chi connectivity index (χ1v) is 7.28. The van der Waals surface area contributed by atoms with Crippen LogP contribution in [-0.4, -0.2) is 29.5 Å². The fraction of sp³-hybridized carbons (Fsp3) is 0.312. The molecule has 3 N–H and O–H groups in total. The summed E-state index contributed by atoms with van der Waals surface area (Å²) in [5.41, 5.74) is -0.995. The van der Waals surface area contributed by atoms with Gasteiger partial charge in [0.15, 0.2) is 0 Å². The number of hydrogen-bond donors (Lipinski definition) is 3. The molecule has 0 radical (unpaired) electrons. The Bertz CT molecular complexity index is 767. The summed E-state index contributed by atoms with van der Waals surface area (Å²) in [6.45, 7) is 3.40. The molecule has 0 saturated carbocycles. The fourth-order valence-corrected chi connectivity index (χ4v) is 2.20. The van der Waals surface area contributed by atoms with Crippen molar-refractivity contribution < 1.29 is 19.2 Å². The molecule has 0 saturated heterocycles. The van der Waals surface area contributed by atoms with Crippen molar-refractivity contribution >= 4 is 17.3 Å². The van der Waals surface area contributed by atoms with Crippen molar-refractivity contribution in [2.75, 3.05) is 18.9 Å². The molecule has 1 unspecified atom stereocenters. The summed E-state index contributed by atoms with van der Waals surface area (Å²) in [5, 5.41) is 26.8. The lowest BCUT2D eigenvalue weighted by atomic mass is 10.0. The van der Waals surface area contributed by atoms with Gasteiger partial charge < -0.3 is 20.2 Å². The number of carbonyl (C=O) groups excluding carboxylic acids is 1. The maximum Gasteiger partial charge on any atom is 0.270 e. The van der Waals surface area contributed by atoms with E-state index in [2.05, 4.69) is 10.6 Å². The maximum atomic E-state index is 12.0. The van der Waals surface area contributed by atoms with E-state index in [-0.39, 0.29) is 17.8 Å². The maximum absolute atomic E-state index is 12.0. The highest BCUT2D eigenvalue weighted by Gasteiger charge is 2.27. The summed E-state index contributed by atoms with van der Waals surface area (Å²) in [5.74, 6) is 0.595. The molecule has 8 heteroatoms. The van der Waals surface area contributed by atoms with Gasteiger partial charge in [-0.15, -0.1) is 0 Å². The van der Waals surface area contributed by atoms with E-state index in [1.54, 1.807) is 26.0 Å². The molecular formula is C16H19N3O5. The third-order valence-corrected chi connectivity index (χ3v) is 3.58. The molecule has 24 heavy (non-hydrogen) atoms. The number of carbonyl (C=O) groups is 1. The first kappa shape index (κ1) is 17.5. The van der Waals surface area contributed by atoms with Crippen molar-refractivity contribution in [2.45, 2.75) is 19.4 Å². The van der Waals surface area contributed by atoms with Crippen LogP contribution in [0.25, 0.3) is 0 Å². The van der Waals surface area contributed by atoms with Crippen molar-refractivity contribution in [1.29, 1.82) is 0 Å². The van der Waals surface area contributed by atoms with Crippen LogP contribution < -0.4 is 10.6 Å². The minimum atomic E-state index is -1.31. The lowest BCUT2D eigenvalue weighted by Crippen LogP contribution is -2.31. The van der Waals surface area contributed by atoms with Crippen LogP contribution in [0.3, 0.4) is 0 Å². The summed E-state index contributed by atoms with van der Waals surface area (Å²) in [4.78, 5) is 22.3. The zero-order chi connectivity index (χ0) is 17.9. The Morgan fingerprint density at radius 3 is 2.62 bits per heavy atom. The van der Waals surface area contributed by atoms with Gasteiger partial charge in [0.2, 0.25) is 0 Å². The number of benzene rings is 1. The largest absolute Gasteiger partial charge is 0.463 e. The van der Waals surface area contributed by atoms with Crippen LogP contribution in [0.4, 0.5) is 11.4 Å². The van der Waals surface area contributed by atoms with E-state index in [9.17, 15) is 20.0 Å². The minimum absolute atomic E-state index is 0.0573. The smallest absolute Gasteiger partial charge is 0.270 e. The second-order valence-electron chi connectivity index (χ2n) is 5.60. The van der Waals surface area contributed by atoms with Crippen LogP contribution in [-0.2, 0) is 5.60 Å². The van der Waals surface area contributed by atoms with Gasteiger partial charge in [-0.05, 0) is 32.0 Å². The average Bonchev–Trinajstić information content (AvgIpc) is 2.99. The van der Waals surface area contributed by atoms with Gasteiger partial charge in [-0.2, -0.15) is 0 Å². The molecule has 128 valence electrons. The Morgan fingerprint density at radius 2 is 2.08 bits per heavy atom. The SMILES string of the molecule is CNC(=O)c1cc([N+](=O)[O-])ccc1NCC(C)(O)c1ccc(C)o1. The zero-order valence-electron chi connectivity index (χ0n) is 13.6. The number of amides is 1. The Kier molecular flexibility index (Phi) is 4.89. The lowest BCUT2D eigenvalue weighted by Gasteiger charge is -2.22. The quantitative estimate of drug-likeness (QED) is 0.551. The molecule has 0 aliphatic carbocycles. The minimum Gasteiger partial charge on any atom is -0.463 e. The highest BCUT2D eigenvalue weighted by molar-refractivity contribution is 6.00. The number of hydrogen-bond acceptors (Lipinski definition) is 6. The molecule has 1 aromatic carbocycles. The zero-order valence-corrected chi connectivity index (χ0v) is 13.6. The monoisotopic (exact) mass is 333 g/mol. The highest BCUT2D eigenvalue weighted by Crippen LogP contribution is 2.26. The van der Waals surface area contributed by atoms with Gasteiger partial charge in [-0.3, -0.25) is 14.9 Å².